The lowest BCUT2D eigenvalue weighted by molar-refractivity contribution is 0.0180. The van der Waals surface area contributed by atoms with Crippen LogP contribution in [0.1, 0.15) is 32.6 Å². The van der Waals surface area contributed by atoms with E-state index in [1.165, 1.54) is 4.88 Å². The monoisotopic (exact) mass is 270 g/mol. The molecule has 18 heavy (non-hydrogen) atoms. The van der Waals surface area contributed by atoms with Crippen molar-refractivity contribution in [2.45, 2.75) is 45.9 Å². The number of hydrogen-bond donors (Lipinski definition) is 2. The number of nitrogens with zero attached hydrogens (tertiary/aromatic N) is 1. The molecule has 1 heterocycles. The summed E-state index contributed by atoms with van der Waals surface area (Å²) >= 11 is 1.77. The zero-order valence-electron chi connectivity index (χ0n) is 11.9. The zero-order valence-corrected chi connectivity index (χ0v) is 12.8. The second kappa shape index (κ2) is 7.24. The van der Waals surface area contributed by atoms with E-state index >= 15 is 0 Å². The Bertz CT molecular complexity index is 323. The highest BCUT2D eigenvalue weighted by molar-refractivity contribution is 7.09. The molecule has 0 aliphatic heterocycles. The molecular weight excluding hydrogens is 244 g/mol. The van der Waals surface area contributed by atoms with Gasteiger partial charge in [-0.05, 0) is 24.9 Å². The van der Waals surface area contributed by atoms with Gasteiger partial charge in [0.05, 0.1) is 5.60 Å². The van der Waals surface area contributed by atoms with Gasteiger partial charge in [0, 0.05) is 30.6 Å². The van der Waals surface area contributed by atoms with Gasteiger partial charge < -0.3 is 10.4 Å². The van der Waals surface area contributed by atoms with Crippen LogP contribution >= 0.6 is 11.3 Å². The molecule has 3 nitrogen and oxygen atoms in total. The van der Waals surface area contributed by atoms with Crippen molar-refractivity contribution in [3.63, 3.8) is 0 Å². The number of aliphatic hydroxyl groups is 1. The Hall–Kier alpha value is -0.420. The summed E-state index contributed by atoms with van der Waals surface area (Å²) in [5.74, 6) is 0. The van der Waals surface area contributed by atoms with E-state index in [1.807, 2.05) is 6.92 Å². The van der Waals surface area contributed by atoms with Crippen molar-refractivity contribution in [2.75, 3.05) is 19.6 Å². The van der Waals surface area contributed by atoms with Crippen molar-refractivity contribution in [3.05, 3.63) is 22.4 Å². The van der Waals surface area contributed by atoms with Crippen LogP contribution in [0.15, 0.2) is 17.5 Å². The maximum Gasteiger partial charge on any atom is 0.0869 e. The molecule has 2 N–H and O–H groups in total. The van der Waals surface area contributed by atoms with Crippen molar-refractivity contribution in [1.29, 1.82) is 0 Å². The Morgan fingerprint density at radius 2 is 2.22 bits per heavy atom. The van der Waals surface area contributed by atoms with E-state index in [1.54, 1.807) is 11.3 Å². The third-order valence-corrected chi connectivity index (χ3v) is 3.72. The highest BCUT2D eigenvalue weighted by atomic mass is 32.1. The average Bonchev–Trinajstić information content (AvgIpc) is 2.78. The molecule has 0 aliphatic rings. The minimum Gasteiger partial charge on any atom is -0.388 e. The first-order valence-electron chi connectivity index (χ1n) is 6.63. The molecule has 0 spiro atoms. The normalized spacial score (nSPS) is 15.3. The molecule has 1 rings (SSSR count). The minimum absolute atomic E-state index is 0.406. The number of hydrogen-bond acceptors (Lipinski definition) is 4. The molecule has 104 valence electrons. The van der Waals surface area contributed by atoms with Gasteiger partial charge in [-0.15, -0.1) is 11.3 Å². The van der Waals surface area contributed by atoms with Crippen LogP contribution in [0.5, 0.6) is 0 Å². The van der Waals surface area contributed by atoms with Gasteiger partial charge >= 0.3 is 0 Å². The first kappa shape index (κ1) is 15.6. The maximum absolute atomic E-state index is 10.4. The molecule has 1 atom stereocenters. The lowest BCUT2D eigenvalue weighted by Crippen LogP contribution is -2.48. The Labute approximate surface area is 115 Å². The van der Waals surface area contributed by atoms with Crippen molar-refractivity contribution in [2.24, 2.45) is 0 Å². The third-order valence-electron chi connectivity index (χ3n) is 2.86. The second-order valence-corrected chi connectivity index (χ2v) is 6.45. The van der Waals surface area contributed by atoms with Gasteiger partial charge in [-0.3, -0.25) is 4.90 Å². The van der Waals surface area contributed by atoms with Crippen LogP contribution in [0.25, 0.3) is 0 Å². The fourth-order valence-corrected chi connectivity index (χ4v) is 2.61. The highest BCUT2D eigenvalue weighted by Gasteiger charge is 2.23. The molecule has 1 aromatic heterocycles. The van der Waals surface area contributed by atoms with Crippen LogP contribution in [0, 0.1) is 0 Å². The average molecular weight is 270 g/mol. The summed E-state index contributed by atoms with van der Waals surface area (Å²) in [6.45, 7) is 11.4. The third kappa shape index (κ3) is 5.96. The van der Waals surface area contributed by atoms with Crippen LogP contribution in [-0.4, -0.2) is 41.3 Å². The molecule has 4 heteroatoms. The summed E-state index contributed by atoms with van der Waals surface area (Å²) in [5, 5.41) is 15.8. The summed E-state index contributed by atoms with van der Waals surface area (Å²) in [7, 11) is 0. The van der Waals surface area contributed by atoms with E-state index in [0.717, 1.165) is 13.1 Å². The predicted molar refractivity (Wildman–Crippen MR) is 79.0 cm³/mol. The number of thiophene rings is 1. The van der Waals surface area contributed by atoms with Crippen molar-refractivity contribution < 1.29 is 5.11 Å². The lowest BCUT2D eigenvalue weighted by atomic mass is 10.1. The summed E-state index contributed by atoms with van der Waals surface area (Å²) in [6, 6.07) is 4.63. The molecule has 1 unspecified atom stereocenters. The Kier molecular flexibility index (Phi) is 6.29. The summed E-state index contributed by atoms with van der Waals surface area (Å²) in [4.78, 5) is 3.64. The van der Waals surface area contributed by atoms with E-state index in [2.05, 4.69) is 48.5 Å². The zero-order chi connectivity index (χ0) is 13.6. The first-order valence-corrected chi connectivity index (χ1v) is 7.51. The largest absolute Gasteiger partial charge is 0.388 e. The second-order valence-electron chi connectivity index (χ2n) is 5.42. The van der Waals surface area contributed by atoms with Gasteiger partial charge in [0.1, 0.15) is 0 Å². The van der Waals surface area contributed by atoms with E-state index < -0.39 is 5.60 Å². The molecular formula is C14H26N2OS. The van der Waals surface area contributed by atoms with Crippen molar-refractivity contribution in [3.8, 4) is 0 Å². The van der Waals surface area contributed by atoms with Crippen LogP contribution in [-0.2, 0) is 6.54 Å². The maximum atomic E-state index is 10.4. The van der Waals surface area contributed by atoms with Gasteiger partial charge in [-0.2, -0.15) is 0 Å². The molecule has 0 bridgehead atoms. The molecule has 0 amide bonds. The van der Waals surface area contributed by atoms with E-state index in [0.29, 0.717) is 19.1 Å². The molecule has 0 fully saturated rings. The standard InChI is InChI=1S/C14H26N2OS/c1-5-16(9-13-7-6-8-18-13)11-14(4,17)10-15-12(2)3/h6-8,12,15,17H,5,9-11H2,1-4H3. The lowest BCUT2D eigenvalue weighted by Gasteiger charge is -2.31. The van der Waals surface area contributed by atoms with E-state index in [4.69, 9.17) is 0 Å². The fraction of sp³-hybridized carbons (Fsp3) is 0.714. The van der Waals surface area contributed by atoms with Crippen molar-refractivity contribution in [1.82, 2.24) is 10.2 Å². The molecule has 0 aromatic carbocycles. The van der Waals surface area contributed by atoms with Crippen LogP contribution in [0.4, 0.5) is 0 Å². The Morgan fingerprint density at radius 3 is 2.72 bits per heavy atom. The van der Waals surface area contributed by atoms with E-state index in [9.17, 15) is 5.11 Å². The van der Waals surface area contributed by atoms with Crippen molar-refractivity contribution >= 4 is 11.3 Å². The predicted octanol–water partition coefficient (Wildman–Crippen LogP) is 2.32. The minimum atomic E-state index is -0.683. The van der Waals surface area contributed by atoms with Crippen LogP contribution in [0.2, 0.25) is 0 Å². The SMILES string of the molecule is CCN(Cc1cccs1)CC(C)(O)CNC(C)C. The quantitative estimate of drug-likeness (QED) is 0.761. The van der Waals surface area contributed by atoms with Gasteiger partial charge in [0.25, 0.3) is 0 Å². The van der Waals surface area contributed by atoms with Crippen LogP contribution < -0.4 is 5.32 Å². The number of likely N-dealkylation sites (N-methyl/N-ethyl adjacent to an activating group) is 1. The first-order chi connectivity index (χ1) is 8.43. The molecule has 1 aromatic rings. The van der Waals surface area contributed by atoms with Crippen LogP contribution in [0.3, 0.4) is 0 Å². The molecule has 0 aliphatic carbocycles. The summed E-state index contributed by atoms with van der Waals surface area (Å²) in [6.07, 6.45) is 0. The Balaban J connectivity index is 2.45. The molecule has 0 saturated heterocycles. The van der Waals surface area contributed by atoms with Gasteiger partial charge in [0.15, 0.2) is 0 Å². The Morgan fingerprint density at radius 1 is 1.50 bits per heavy atom. The summed E-state index contributed by atoms with van der Waals surface area (Å²) < 4.78 is 0. The van der Waals surface area contributed by atoms with E-state index in [-0.39, 0.29) is 0 Å². The molecule has 0 radical (unpaired) electrons. The smallest absolute Gasteiger partial charge is 0.0869 e. The molecule has 0 saturated carbocycles. The fourth-order valence-electron chi connectivity index (χ4n) is 1.86. The van der Waals surface area contributed by atoms with Gasteiger partial charge in [-0.25, -0.2) is 0 Å². The topological polar surface area (TPSA) is 35.5 Å². The number of nitrogens with one attached hydrogen (secondary N) is 1. The van der Waals surface area contributed by atoms with Gasteiger partial charge in [-0.1, -0.05) is 26.8 Å². The highest BCUT2D eigenvalue weighted by Crippen LogP contribution is 2.14. The number of rotatable bonds is 8. The summed E-state index contributed by atoms with van der Waals surface area (Å²) in [5.41, 5.74) is -0.683. The van der Waals surface area contributed by atoms with Gasteiger partial charge in [0.2, 0.25) is 0 Å².